The molecule has 3 fully saturated rings. The molecule has 1 unspecified atom stereocenters. The van der Waals surface area contributed by atoms with Gasteiger partial charge in [0.2, 0.25) is 17.7 Å². The number of aliphatic carboxylic acids is 3. The number of amides is 3. The summed E-state index contributed by atoms with van der Waals surface area (Å²) >= 11 is 0. The van der Waals surface area contributed by atoms with E-state index in [9.17, 15) is 53.6 Å². The monoisotopic (exact) mass is 1230 g/mol. The third-order valence-electron chi connectivity index (χ3n) is 16.3. The molecule has 1 aliphatic carbocycles. The molecule has 25 nitrogen and oxygen atoms in total. The third-order valence-corrected chi connectivity index (χ3v) is 17.4. The Morgan fingerprint density at radius 2 is 1.10 bits per heavy atom. The minimum absolute atomic E-state index is 0.0179. The van der Waals surface area contributed by atoms with Crippen LogP contribution in [0.2, 0.25) is 0 Å². The molecule has 3 heterocycles. The molecule has 0 radical (unpaired) electrons. The summed E-state index contributed by atoms with van der Waals surface area (Å²) in [7, 11) is -4.58. The van der Waals surface area contributed by atoms with Gasteiger partial charge in [-0.3, -0.25) is 63.1 Å². The molecule has 0 bridgehead atoms. The molecule has 5 aromatic rings. The fourth-order valence-electron chi connectivity index (χ4n) is 11.4. The first-order valence-electron chi connectivity index (χ1n) is 30.1. The second-order valence-corrected chi connectivity index (χ2v) is 24.7. The highest BCUT2D eigenvalue weighted by Gasteiger charge is 2.58. The summed E-state index contributed by atoms with van der Waals surface area (Å²) in [5.74, 6) is -4.47. The number of carbonyl (C=O) groups is 6. The van der Waals surface area contributed by atoms with Crippen molar-refractivity contribution >= 4 is 43.2 Å². The van der Waals surface area contributed by atoms with E-state index in [-0.39, 0.29) is 95.8 Å². The summed E-state index contributed by atoms with van der Waals surface area (Å²) in [6, 6.07) is 34.7. The van der Waals surface area contributed by atoms with Gasteiger partial charge in [-0.1, -0.05) is 121 Å². The minimum Gasteiger partial charge on any atom is -0.487 e. The maximum Gasteiger partial charge on any atom is 0.346 e. The highest BCUT2D eigenvalue weighted by molar-refractivity contribution is 7.52. The summed E-state index contributed by atoms with van der Waals surface area (Å²) in [4.78, 5) is 109. The Morgan fingerprint density at radius 3 is 1.58 bits per heavy atom. The van der Waals surface area contributed by atoms with Gasteiger partial charge >= 0.3 is 25.5 Å². The van der Waals surface area contributed by atoms with Crippen LogP contribution in [0, 0.1) is 0 Å². The molecule has 3 atom stereocenters. The molecule has 8 rings (SSSR count). The Hall–Kier alpha value is -7.45. The van der Waals surface area contributed by atoms with Crippen LogP contribution in [0.3, 0.4) is 0 Å². The third kappa shape index (κ3) is 20.6. The summed E-state index contributed by atoms with van der Waals surface area (Å²) < 4.78 is 20.3. The average Bonchev–Trinajstić information content (AvgIpc) is 1.80. The molecule has 1 aromatic heterocycles. The summed E-state index contributed by atoms with van der Waals surface area (Å²) in [6.07, 6.45) is 6.16. The zero-order valence-corrected chi connectivity index (χ0v) is 50.5. The molecular weight excluding hydrogens is 1150 g/mol. The highest BCUT2D eigenvalue weighted by atomic mass is 31.2. The van der Waals surface area contributed by atoms with Crippen LogP contribution in [0.5, 0.6) is 5.75 Å². The number of ether oxygens (including phenoxy) is 1. The molecule has 474 valence electrons. The second kappa shape index (κ2) is 32.7. The number of aromatic nitrogens is 3. The number of carboxylic acid groups (broad SMARTS) is 3. The van der Waals surface area contributed by atoms with Crippen molar-refractivity contribution in [2.75, 3.05) is 98.2 Å². The van der Waals surface area contributed by atoms with Crippen LogP contribution in [0.15, 0.2) is 121 Å². The van der Waals surface area contributed by atoms with Gasteiger partial charge in [0.05, 0.1) is 38.4 Å². The van der Waals surface area contributed by atoms with Crippen molar-refractivity contribution < 1.29 is 63.2 Å². The van der Waals surface area contributed by atoms with Gasteiger partial charge in [0.1, 0.15) is 35.4 Å². The first kappa shape index (κ1) is 66.5. The lowest BCUT2D eigenvalue weighted by atomic mass is 10.1. The number of carboxylic acids is 3. The van der Waals surface area contributed by atoms with Gasteiger partial charge in [-0.25, -0.2) is 4.68 Å². The average molecular weight is 1240 g/mol. The number of likely N-dealkylation sites (tertiary alicyclic amines) is 1. The zero-order valence-electron chi connectivity index (χ0n) is 49.6. The maximum absolute atomic E-state index is 15.3. The van der Waals surface area contributed by atoms with Crippen molar-refractivity contribution in [3.8, 4) is 5.75 Å². The first-order chi connectivity index (χ1) is 42.4. The molecule has 4 aromatic carbocycles. The Kier molecular flexibility index (Phi) is 24.7. The molecule has 2 saturated heterocycles. The lowest BCUT2D eigenvalue weighted by molar-refractivity contribution is -0.144. The van der Waals surface area contributed by atoms with Crippen LogP contribution in [-0.2, 0) is 59.6 Å². The van der Waals surface area contributed by atoms with E-state index in [4.69, 9.17) is 4.74 Å². The quantitative estimate of drug-likeness (QED) is 0.0233. The van der Waals surface area contributed by atoms with Gasteiger partial charge in [-0.05, 0) is 60.1 Å². The van der Waals surface area contributed by atoms with Crippen molar-refractivity contribution in [1.82, 2.24) is 60.3 Å². The van der Waals surface area contributed by atoms with Crippen LogP contribution >= 0.6 is 7.60 Å². The topological polar surface area (TPSA) is 316 Å². The largest absolute Gasteiger partial charge is 0.487 e. The smallest absolute Gasteiger partial charge is 0.346 e. The van der Waals surface area contributed by atoms with E-state index in [1.807, 2.05) is 71.6 Å². The van der Waals surface area contributed by atoms with Gasteiger partial charge in [-0.15, -0.1) is 5.10 Å². The van der Waals surface area contributed by atoms with E-state index in [2.05, 4.69) is 55.4 Å². The molecule has 8 N–H and O–H groups in total. The fourth-order valence-corrected chi connectivity index (χ4v) is 12.3. The number of benzene rings is 4. The zero-order chi connectivity index (χ0) is 62.5. The first-order valence-corrected chi connectivity index (χ1v) is 31.8. The predicted molar refractivity (Wildman–Crippen MR) is 325 cm³/mol. The second-order valence-electron chi connectivity index (χ2n) is 23.0. The van der Waals surface area contributed by atoms with Gasteiger partial charge in [0.25, 0.3) is 0 Å². The van der Waals surface area contributed by atoms with E-state index in [0.717, 1.165) is 29.5 Å². The number of hydrogen-bond donors (Lipinski definition) is 8. The Bertz CT molecular complexity index is 3030. The van der Waals surface area contributed by atoms with Crippen LogP contribution in [-0.4, -0.2) is 215 Å². The number of carbonyl (C=O) groups excluding carboxylic acids is 3. The minimum atomic E-state index is -4.58. The normalized spacial score (nSPS) is 18.4. The van der Waals surface area contributed by atoms with Crippen LogP contribution < -0.4 is 20.7 Å². The van der Waals surface area contributed by atoms with Gasteiger partial charge in [0, 0.05) is 98.0 Å². The van der Waals surface area contributed by atoms with Gasteiger partial charge in [0.15, 0.2) is 0 Å². The molecule has 26 heteroatoms. The van der Waals surface area contributed by atoms with Crippen molar-refractivity contribution in [1.29, 1.82) is 0 Å². The van der Waals surface area contributed by atoms with E-state index in [1.54, 1.807) is 54.7 Å². The lowest BCUT2D eigenvalue weighted by Gasteiger charge is -2.36. The predicted octanol–water partition coefficient (Wildman–Crippen LogP) is 3.47. The highest BCUT2D eigenvalue weighted by Crippen LogP contribution is 2.50. The number of rotatable bonds is 31. The molecule has 1 saturated carbocycles. The van der Waals surface area contributed by atoms with Crippen molar-refractivity contribution in [3.05, 3.63) is 149 Å². The lowest BCUT2D eigenvalue weighted by Crippen LogP contribution is -2.54. The van der Waals surface area contributed by atoms with E-state index >= 15 is 4.79 Å². The number of nitrogens with one attached hydrogen (secondary N) is 3. The molecule has 0 spiro atoms. The maximum atomic E-state index is 15.3. The van der Waals surface area contributed by atoms with Gasteiger partial charge in [-0.2, -0.15) is 0 Å². The van der Waals surface area contributed by atoms with Crippen molar-refractivity contribution in [2.45, 2.75) is 94.6 Å². The molecule has 3 amide bonds. The van der Waals surface area contributed by atoms with Crippen LogP contribution in [0.1, 0.15) is 84.7 Å². The summed E-state index contributed by atoms with van der Waals surface area (Å²) in [5, 5.41) is 46.6. The van der Waals surface area contributed by atoms with E-state index in [1.165, 1.54) is 0 Å². The Balaban J connectivity index is 0.858. The van der Waals surface area contributed by atoms with E-state index in [0.29, 0.717) is 101 Å². The van der Waals surface area contributed by atoms with Crippen molar-refractivity contribution in [2.24, 2.45) is 0 Å². The molecule has 2 aliphatic heterocycles. The molecular formula is C62H83N12O13P. The fraction of sp³-hybridized carbons (Fsp3) is 0.484. The summed E-state index contributed by atoms with van der Waals surface area (Å²) in [5.41, 5.74) is 3.08. The Labute approximate surface area is 512 Å². The van der Waals surface area contributed by atoms with E-state index < -0.39 is 42.9 Å². The van der Waals surface area contributed by atoms with Gasteiger partial charge < -0.3 is 45.4 Å². The number of hydrogen-bond acceptors (Lipinski definition) is 16. The standard InChI is InChI=1S/C62H83N12O13P/c75-55(42-68-28-30-69(43-56(76)77)32-34-71(45-58(80)81)35-33-70(31-29-68)44-57(78)79)63-26-12-1-2-13-27-64-59(82)54-36-52(41-73(54)61(83)62(24-25-62)72(38-48-16-8-4-9-17-48)39-49-18-10-5-11-19-49)74-40-51(66-67-74)46-87-53-22-20-50(21-23-53)60(88(84,85)86)65-37-47-14-6-3-7-15-47/h3-11,14-23,40,52,54,60,65H,1-2,12-13,24-39,41-46H2,(H,63,75)(H,64,82)(H,76,77)(H,78,79)(H,80,81)(H2,84,85,86)/t52-,54-,60?/m0/s1. The Morgan fingerprint density at radius 1 is 0.625 bits per heavy atom. The van der Waals surface area contributed by atoms with Crippen LogP contribution in [0.25, 0.3) is 0 Å². The molecule has 88 heavy (non-hydrogen) atoms. The van der Waals surface area contributed by atoms with Crippen LogP contribution in [0.4, 0.5) is 0 Å². The number of unbranched alkanes of at least 4 members (excludes halogenated alkanes) is 3. The number of nitrogens with zero attached hydrogens (tertiary/aromatic N) is 9. The molecule has 3 aliphatic rings. The van der Waals surface area contributed by atoms with Crippen molar-refractivity contribution in [3.63, 3.8) is 0 Å². The summed E-state index contributed by atoms with van der Waals surface area (Å²) in [6.45, 7) is 3.96. The SMILES string of the molecule is O=C(O)CN1CCN(CC(=O)O)CCN(CC(=O)NCCCCCCNC(=O)[C@@H]2C[C@H](n3cc(COc4ccc(C(NCc5ccccc5)P(=O)(O)O)cc4)nn3)CN2C(=O)C2(N(Cc3ccccc3)Cc3ccccc3)CC2)CCN(CC(=O)O)CC1.